The van der Waals surface area contributed by atoms with Gasteiger partial charge in [0, 0.05) is 17.1 Å². The fourth-order valence-electron chi connectivity index (χ4n) is 3.23. The van der Waals surface area contributed by atoms with E-state index in [2.05, 4.69) is 74.2 Å². The third-order valence-corrected chi connectivity index (χ3v) is 5.48. The molecule has 3 heterocycles. The molecule has 0 amide bonds. The van der Waals surface area contributed by atoms with Crippen molar-refractivity contribution >= 4 is 33.1 Å². The molecule has 3 aromatic heterocycles. The van der Waals surface area contributed by atoms with Gasteiger partial charge in [0.2, 0.25) is 0 Å². The molecule has 0 unspecified atom stereocenters. The molecule has 5 heteroatoms. The van der Waals surface area contributed by atoms with Crippen molar-refractivity contribution in [1.82, 2.24) is 15.0 Å². The van der Waals surface area contributed by atoms with Crippen molar-refractivity contribution in [3.8, 4) is 22.3 Å². The van der Waals surface area contributed by atoms with Gasteiger partial charge < -0.3 is 5.32 Å². The molecular formula is C23H16N4S. The van der Waals surface area contributed by atoms with Crippen LogP contribution in [0.2, 0.25) is 0 Å². The SMILES string of the molecule is c1ccc(-c2ccc(-c3csc4ncnc(Nc5cccnc5)c34)cc2)cc1. The number of rotatable bonds is 4. The first kappa shape index (κ1) is 16.6. The molecule has 134 valence electrons. The predicted molar refractivity (Wildman–Crippen MR) is 116 cm³/mol. The molecular weight excluding hydrogens is 364 g/mol. The number of nitrogens with one attached hydrogen (secondary N) is 1. The number of benzene rings is 2. The van der Waals surface area contributed by atoms with Crippen molar-refractivity contribution in [2.75, 3.05) is 5.32 Å². The van der Waals surface area contributed by atoms with Crippen LogP contribution in [0.15, 0.2) is 90.8 Å². The van der Waals surface area contributed by atoms with Crippen LogP contribution in [0, 0.1) is 0 Å². The van der Waals surface area contributed by atoms with Gasteiger partial charge >= 0.3 is 0 Å². The van der Waals surface area contributed by atoms with Gasteiger partial charge in [0.1, 0.15) is 17.0 Å². The van der Waals surface area contributed by atoms with E-state index in [-0.39, 0.29) is 0 Å². The molecule has 28 heavy (non-hydrogen) atoms. The maximum Gasteiger partial charge on any atom is 0.143 e. The number of hydrogen-bond donors (Lipinski definition) is 1. The molecule has 0 spiro atoms. The Bertz CT molecular complexity index is 1220. The molecule has 1 N–H and O–H groups in total. The molecule has 5 aromatic rings. The van der Waals surface area contributed by atoms with E-state index in [1.165, 1.54) is 11.1 Å². The Balaban J connectivity index is 1.56. The number of hydrogen-bond acceptors (Lipinski definition) is 5. The third kappa shape index (κ3) is 3.12. The van der Waals surface area contributed by atoms with Crippen LogP contribution >= 0.6 is 11.3 Å². The van der Waals surface area contributed by atoms with Gasteiger partial charge in [-0.2, -0.15) is 0 Å². The van der Waals surface area contributed by atoms with E-state index < -0.39 is 0 Å². The summed E-state index contributed by atoms with van der Waals surface area (Å²) in [7, 11) is 0. The van der Waals surface area contributed by atoms with Gasteiger partial charge in [-0.3, -0.25) is 4.98 Å². The Morgan fingerprint density at radius 1 is 0.750 bits per heavy atom. The predicted octanol–water partition coefficient (Wildman–Crippen LogP) is 6.16. The number of fused-ring (bicyclic) bond motifs is 1. The fraction of sp³-hybridized carbons (Fsp3) is 0. The molecule has 0 saturated heterocycles. The first-order chi connectivity index (χ1) is 13.9. The molecule has 0 aliphatic heterocycles. The van der Waals surface area contributed by atoms with Crippen LogP contribution in [-0.2, 0) is 0 Å². The van der Waals surface area contributed by atoms with Crippen LogP contribution < -0.4 is 5.32 Å². The highest BCUT2D eigenvalue weighted by Crippen LogP contribution is 2.37. The highest BCUT2D eigenvalue weighted by Gasteiger charge is 2.13. The lowest BCUT2D eigenvalue weighted by Gasteiger charge is -2.08. The maximum absolute atomic E-state index is 4.48. The largest absolute Gasteiger partial charge is 0.338 e. The van der Waals surface area contributed by atoms with Crippen molar-refractivity contribution in [2.24, 2.45) is 0 Å². The summed E-state index contributed by atoms with van der Waals surface area (Å²) < 4.78 is 0. The average molecular weight is 380 g/mol. The average Bonchev–Trinajstić information content (AvgIpc) is 3.21. The van der Waals surface area contributed by atoms with Crippen molar-refractivity contribution in [1.29, 1.82) is 0 Å². The number of aromatic nitrogens is 3. The van der Waals surface area contributed by atoms with E-state index in [1.807, 2.05) is 18.2 Å². The quantitative estimate of drug-likeness (QED) is 0.405. The van der Waals surface area contributed by atoms with Crippen LogP contribution in [0.25, 0.3) is 32.5 Å². The minimum Gasteiger partial charge on any atom is -0.338 e. The van der Waals surface area contributed by atoms with Crippen molar-refractivity contribution < 1.29 is 0 Å². The second-order valence-electron chi connectivity index (χ2n) is 6.36. The van der Waals surface area contributed by atoms with E-state index >= 15 is 0 Å². The van der Waals surface area contributed by atoms with Crippen LogP contribution in [0.4, 0.5) is 11.5 Å². The fourth-order valence-corrected chi connectivity index (χ4v) is 4.14. The molecule has 5 rings (SSSR count). The maximum atomic E-state index is 4.48. The molecule has 0 aliphatic carbocycles. The third-order valence-electron chi connectivity index (χ3n) is 4.60. The van der Waals surface area contributed by atoms with Gasteiger partial charge in [-0.1, -0.05) is 54.6 Å². The smallest absolute Gasteiger partial charge is 0.143 e. The standard InChI is InChI=1S/C23H16N4S/c1-2-5-16(6-3-1)17-8-10-18(11-9-17)20-14-28-23-21(20)22(25-15-26-23)27-19-7-4-12-24-13-19/h1-15H,(H,25,26,27). The second-order valence-corrected chi connectivity index (χ2v) is 7.22. The zero-order valence-corrected chi connectivity index (χ0v) is 15.7. The lowest BCUT2D eigenvalue weighted by Crippen LogP contribution is -1.95. The van der Waals surface area contributed by atoms with Crippen LogP contribution in [-0.4, -0.2) is 15.0 Å². The van der Waals surface area contributed by atoms with Crippen LogP contribution in [0.1, 0.15) is 0 Å². The first-order valence-corrected chi connectivity index (χ1v) is 9.81. The summed E-state index contributed by atoms with van der Waals surface area (Å²) in [6, 6.07) is 22.9. The molecule has 0 fully saturated rings. The Morgan fingerprint density at radius 3 is 2.32 bits per heavy atom. The van der Waals surface area contributed by atoms with Gasteiger partial charge in [-0.15, -0.1) is 11.3 Å². The van der Waals surface area contributed by atoms with E-state index in [0.717, 1.165) is 32.8 Å². The summed E-state index contributed by atoms with van der Waals surface area (Å²) in [6.45, 7) is 0. The zero-order valence-electron chi connectivity index (χ0n) is 14.9. The van der Waals surface area contributed by atoms with E-state index in [1.54, 1.807) is 30.1 Å². The molecule has 0 aliphatic rings. The summed E-state index contributed by atoms with van der Waals surface area (Å²) in [5, 5.41) is 6.55. The van der Waals surface area contributed by atoms with E-state index in [9.17, 15) is 0 Å². The van der Waals surface area contributed by atoms with E-state index in [4.69, 9.17) is 0 Å². The Labute approximate surface area is 166 Å². The Kier molecular flexibility index (Phi) is 4.27. The normalized spacial score (nSPS) is 10.9. The summed E-state index contributed by atoms with van der Waals surface area (Å²) in [6.07, 6.45) is 5.14. The second kappa shape index (κ2) is 7.21. The molecule has 0 radical (unpaired) electrons. The Morgan fingerprint density at radius 2 is 1.54 bits per heavy atom. The number of thiophene rings is 1. The monoisotopic (exact) mass is 380 g/mol. The minimum atomic E-state index is 0.793. The van der Waals surface area contributed by atoms with Crippen molar-refractivity contribution in [2.45, 2.75) is 0 Å². The van der Waals surface area contributed by atoms with Crippen LogP contribution in [0.5, 0.6) is 0 Å². The highest BCUT2D eigenvalue weighted by atomic mass is 32.1. The number of nitrogens with zero attached hydrogens (tertiary/aromatic N) is 3. The summed E-state index contributed by atoms with van der Waals surface area (Å²) in [4.78, 5) is 14.1. The van der Waals surface area contributed by atoms with Gasteiger partial charge in [0.15, 0.2) is 0 Å². The van der Waals surface area contributed by atoms with Gasteiger partial charge in [0.25, 0.3) is 0 Å². The summed E-state index contributed by atoms with van der Waals surface area (Å²) in [5.41, 5.74) is 5.60. The molecule has 4 nitrogen and oxygen atoms in total. The number of pyridine rings is 1. The highest BCUT2D eigenvalue weighted by molar-refractivity contribution is 7.17. The Hall–Kier alpha value is -3.57. The lowest BCUT2D eigenvalue weighted by atomic mass is 10.0. The van der Waals surface area contributed by atoms with Crippen molar-refractivity contribution in [3.63, 3.8) is 0 Å². The van der Waals surface area contributed by atoms with E-state index in [0.29, 0.717) is 0 Å². The van der Waals surface area contributed by atoms with Crippen molar-refractivity contribution in [3.05, 3.63) is 90.8 Å². The molecule has 2 aromatic carbocycles. The van der Waals surface area contributed by atoms with Gasteiger partial charge in [0.05, 0.1) is 17.3 Å². The summed E-state index contributed by atoms with van der Waals surface area (Å²) >= 11 is 1.63. The molecule has 0 atom stereocenters. The zero-order chi connectivity index (χ0) is 18.8. The topological polar surface area (TPSA) is 50.7 Å². The lowest BCUT2D eigenvalue weighted by molar-refractivity contribution is 1.22. The van der Waals surface area contributed by atoms with Gasteiger partial charge in [-0.25, -0.2) is 9.97 Å². The first-order valence-electron chi connectivity index (χ1n) is 8.93. The van der Waals surface area contributed by atoms with Crippen LogP contribution in [0.3, 0.4) is 0 Å². The number of anilines is 2. The molecule has 0 bridgehead atoms. The summed E-state index contributed by atoms with van der Waals surface area (Å²) in [5.74, 6) is 0.793. The molecule has 0 saturated carbocycles. The van der Waals surface area contributed by atoms with Gasteiger partial charge in [-0.05, 0) is 28.8 Å². The minimum absolute atomic E-state index is 0.793.